The van der Waals surface area contributed by atoms with Crippen molar-refractivity contribution in [1.82, 2.24) is 5.32 Å². The van der Waals surface area contributed by atoms with E-state index in [2.05, 4.69) is 14.7 Å². The number of rotatable bonds is 3. The van der Waals surface area contributed by atoms with Gasteiger partial charge in [-0.25, -0.2) is 4.79 Å². The van der Waals surface area contributed by atoms with Crippen molar-refractivity contribution in [2.75, 3.05) is 23.7 Å². The number of amides is 2. The summed E-state index contributed by atoms with van der Waals surface area (Å²) >= 11 is 0. The minimum Gasteiger partial charge on any atom is -0.341 e. The molecule has 1 atom stereocenters. The normalized spacial score (nSPS) is 9.95. The first kappa shape index (κ1) is 14.4. The predicted octanol–water partition coefficient (Wildman–Crippen LogP) is 3.39. The molecule has 0 aliphatic rings. The standard InChI is InChI=1S/C15H18N3OP/c1-16-15(19)17(2)12-8-10-14(11-9-12)18(20)13-6-4-3-5-7-13/h3-11H,20H2,1-2H3,(H,16,19). The van der Waals surface area contributed by atoms with E-state index in [1.165, 1.54) is 0 Å². The number of nitrogens with one attached hydrogen (secondary N) is 1. The van der Waals surface area contributed by atoms with Crippen LogP contribution in [0.2, 0.25) is 0 Å². The number of para-hydroxylation sites is 1. The third-order valence-electron chi connectivity index (χ3n) is 3.07. The highest BCUT2D eigenvalue weighted by atomic mass is 31.0. The van der Waals surface area contributed by atoms with Gasteiger partial charge in [0, 0.05) is 31.2 Å². The Kier molecular flexibility index (Phi) is 4.59. The Morgan fingerprint density at radius 2 is 1.45 bits per heavy atom. The Morgan fingerprint density at radius 1 is 0.950 bits per heavy atom. The number of anilines is 3. The van der Waals surface area contributed by atoms with Gasteiger partial charge in [-0.2, -0.15) is 0 Å². The van der Waals surface area contributed by atoms with E-state index in [4.69, 9.17) is 0 Å². The zero-order chi connectivity index (χ0) is 14.5. The van der Waals surface area contributed by atoms with Crippen LogP contribution in [0.4, 0.5) is 21.9 Å². The fourth-order valence-corrected chi connectivity index (χ4v) is 2.20. The van der Waals surface area contributed by atoms with Crippen molar-refractivity contribution in [1.29, 1.82) is 0 Å². The Labute approximate surface area is 121 Å². The Morgan fingerprint density at radius 3 is 2.00 bits per heavy atom. The number of carbonyl (C=O) groups is 1. The van der Waals surface area contributed by atoms with Gasteiger partial charge < -0.3 is 9.99 Å². The van der Waals surface area contributed by atoms with Gasteiger partial charge in [0.05, 0.1) is 0 Å². The molecule has 0 bridgehead atoms. The lowest BCUT2D eigenvalue weighted by atomic mass is 10.2. The van der Waals surface area contributed by atoms with Crippen molar-refractivity contribution in [3.05, 3.63) is 54.6 Å². The molecule has 5 heteroatoms. The van der Waals surface area contributed by atoms with E-state index in [1.807, 2.05) is 59.3 Å². The second-order valence-corrected chi connectivity index (χ2v) is 4.85. The molecule has 2 rings (SSSR count). The minimum atomic E-state index is -0.136. The average Bonchev–Trinajstić information content (AvgIpc) is 2.53. The van der Waals surface area contributed by atoms with Crippen molar-refractivity contribution in [3.63, 3.8) is 0 Å². The van der Waals surface area contributed by atoms with Crippen LogP contribution in [0.1, 0.15) is 0 Å². The third-order valence-corrected chi connectivity index (χ3v) is 3.66. The lowest BCUT2D eigenvalue weighted by Gasteiger charge is -2.21. The molecule has 104 valence electrons. The summed E-state index contributed by atoms with van der Waals surface area (Å²) in [5.41, 5.74) is 2.97. The van der Waals surface area contributed by atoms with Crippen LogP contribution in [0.15, 0.2) is 54.6 Å². The predicted molar refractivity (Wildman–Crippen MR) is 87.6 cm³/mol. The first-order chi connectivity index (χ1) is 9.63. The van der Waals surface area contributed by atoms with Crippen LogP contribution in [0.3, 0.4) is 0 Å². The van der Waals surface area contributed by atoms with Crippen LogP contribution in [-0.4, -0.2) is 20.1 Å². The third kappa shape index (κ3) is 3.09. The molecule has 20 heavy (non-hydrogen) atoms. The van der Waals surface area contributed by atoms with Gasteiger partial charge in [-0.1, -0.05) is 18.2 Å². The molecule has 0 heterocycles. The summed E-state index contributed by atoms with van der Waals surface area (Å²) < 4.78 is 2.02. The largest absolute Gasteiger partial charge is 0.341 e. The highest BCUT2D eigenvalue weighted by Crippen LogP contribution is 2.30. The molecule has 2 aromatic carbocycles. The Hall–Kier alpha value is -2.06. The first-order valence-electron chi connectivity index (χ1n) is 6.29. The van der Waals surface area contributed by atoms with Gasteiger partial charge in [-0.3, -0.25) is 4.90 Å². The molecule has 2 amide bonds. The molecule has 0 aliphatic heterocycles. The van der Waals surface area contributed by atoms with Gasteiger partial charge in [0.2, 0.25) is 0 Å². The number of benzene rings is 2. The Balaban J connectivity index is 2.18. The second kappa shape index (κ2) is 6.40. The molecular weight excluding hydrogens is 269 g/mol. The van der Waals surface area contributed by atoms with E-state index in [1.54, 1.807) is 19.0 Å². The molecule has 0 radical (unpaired) electrons. The van der Waals surface area contributed by atoms with Gasteiger partial charge in [-0.05, 0) is 45.8 Å². The SMILES string of the molecule is CNC(=O)N(C)c1ccc(N(P)c2ccccc2)cc1. The molecule has 0 saturated heterocycles. The van der Waals surface area contributed by atoms with Crippen LogP contribution in [0, 0.1) is 0 Å². The molecule has 4 nitrogen and oxygen atoms in total. The number of urea groups is 1. The molecule has 0 aromatic heterocycles. The highest BCUT2D eigenvalue weighted by Gasteiger charge is 2.09. The number of hydrogen-bond donors (Lipinski definition) is 1. The van der Waals surface area contributed by atoms with Crippen LogP contribution in [0.5, 0.6) is 0 Å². The maximum atomic E-state index is 11.6. The maximum absolute atomic E-state index is 11.6. The number of hydrogen-bond acceptors (Lipinski definition) is 2. The average molecular weight is 287 g/mol. The minimum absolute atomic E-state index is 0.136. The van der Waals surface area contributed by atoms with Crippen LogP contribution >= 0.6 is 9.39 Å². The molecule has 0 spiro atoms. The second-order valence-electron chi connectivity index (χ2n) is 4.34. The van der Waals surface area contributed by atoms with E-state index in [-0.39, 0.29) is 6.03 Å². The molecule has 1 N–H and O–H groups in total. The fraction of sp³-hybridized carbons (Fsp3) is 0.133. The Bertz CT molecular complexity index is 571. The number of carbonyl (C=O) groups excluding carboxylic acids is 1. The smallest absolute Gasteiger partial charge is 0.321 e. The topological polar surface area (TPSA) is 35.6 Å². The van der Waals surface area contributed by atoms with Gasteiger partial charge in [0.15, 0.2) is 0 Å². The summed E-state index contributed by atoms with van der Waals surface area (Å²) in [6.45, 7) is 0. The van der Waals surface area contributed by atoms with E-state index in [9.17, 15) is 4.79 Å². The molecule has 0 aliphatic carbocycles. The fourth-order valence-electron chi connectivity index (χ4n) is 1.86. The summed E-state index contributed by atoms with van der Waals surface area (Å²) in [6.07, 6.45) is 0. The molecule has 0 fully saturated rings. The van der Waals surface area contributed by atoms with Crippen molar-refractivity contribution < 1.29 is 4.79 Å². The maximum Gasteiger partial charge on any atom is 0.321 e. The summed E-state index contributed by atoms with van der Waals surface area (Å²) in [5, 5.41) is 2.60. The van der Waals surface area contributed by atoms with E-state index in [0.29, 0.717) is 0 Å². The van der Waals surface area contributed by atoms with E-state index < -0.39 is 0 Å². The lowest BCUT2D eigenvalue weighted by molar-refractivity contribution is 0.249. The van der Waals surface area contributed by atoms with Crippen molar-refractivity contribution in [3.8, 4) is 0 Å². The zero-order valence-corrected chi connectivity index (χ0v) is 12.7. The number of nitrogens with zero attached hydrogens (tertiary/aromatic N) is 2. The van der Waals surface area contributed by atoms with Gasteiger partial charge in [-0.15, -0.1) is 0 Å². The molecule has 0 saturated carbocycles. The summed E-state index contributed by atoms with van der Waals surface area (Å²) in [7, 11) is 6.05. The molecular formula is C15H18N3OP. The molecule has 2 aromatic rings. The summed E-state index contributed by atoms with van der Waals surface area (Å²) in [6, 6.07) is 17.7. The van der Waals surface area contributed by atoms with Gasteiger partial charge in [0.1, 0.15) is 0 Å². The van der Waals surface area contributed by atoms with Gasteiger partial charge >= 0.3 is 6.03 Å². The van der Waals surface area contributed by atoms with Crippen LogP contribution in [-0.2, 0) is 0 Å². The zero-order valence-electron chi connectivity index (χ0n) is 11.6. The van der Waals surface area contributed by atoms with Crippen molar-refractivity contribution in [2.24, 2.45) is 0 Å². The van der Waals surface area contributed by atoms with Crippen LogP contribution < -0.4 is 14.9 Å². The lowest BCUT2D eigenvalue weighted by Crippen LogP contribution is -2.34. The quantitative estimate of drug-likeness (QED) is 0.878. The molecule has 1 unspecified atom stereocenters. The van der Waals surface area contributed by atoms with Crippen molar-refractivity contribution >= 4 is 32.5 Å². The van der Waals surface area contributed by atoms with Gasteiger partial charge in [0.25, 0.3) is 0 Å². The van der Waals surface area contributed by atoms with Crippen LogP contribution in [0.25, 0.3) is 0 Å². The highest BCUT2D eigenvalue weighted by molar-refractivity contribution is 7.19. The summed E-state index contributed by atoms with van der Waals surface area (Å²) in [5.74, 6) is 0. The van der Waals surface area contributed by atoms with E-state index >= 15 is 0 Å². The monoisotopic (exact) mass is 287 g/mol. The van der Waals surface area contributed by atoms with E-state index in [0.717, 1.165) is 17.1 Å². The van der Waals surface area contributed by atoms with Crippen molar-refractivity contribution in [2.45, 2.75) is 0 Å². The first-order valence-corrected chi connectivity index (χ1v) is 6.80. The summed E-state index contributed by atoms with van der Waals surface area (Å²) in [4.78, 5) is 13.1.